The predicted molar refractivity (Wildman–Crippen MR) is 78.7 cm³/mol. The van der Waals surface area contributed by atoms with Gasteiger partial charge in [0.05, 0.1) is 22.8 Å². The molecular formula is C13H13Cl2NO2S. The molecule has 0 fully saturated rings. The van der Waals surface area contributed by atoms with Gasteiger partial charge in [-0.1, -0.05) is 11.6 Å². The molecule has 0 atom stereocenters. The molecule has 0 aliphatic rings. The third kappa shape index (κ3) is 3.53. The van der Waals surface area contributed by atoms with Crippen LogP contribution in [0.5, 0.6) is 11.5 Å². The molecular weight excluding hydrogens is 305 g/mol. The average molecular weight is 318 g/mol. The van der Waals surface area contributed by atoms with Gasteiger partial charge in [-0.05, 0) is 24.6 Å². The monoisotopic (exact) mass is 317 g/mol. The minimum atomic E-state index is 0.362. The highest BCUT2D eigenvalue weighted by atomic mass is 35.5. The average Bonchev–Trinajstić information content (AvgIpc) is 2.82. The van der Waals surface area contributed by atoms with E-state index < -0.39 is 0 Å². The fourth-order valence-electron chi connectivity index (χ4n) is 1.61. The zero-order valence-corrected chi connectivity index (χ0v) is 12.9. The number of methoxy groups -OCH3 is 1. The first-order valence-electron chi connectivity index (χ1n) is 5.60. The van der Waals surface area contributed by atoms with Crippen molar-refractivity contribution in [3.63, 3.8) is 0 Å². The molecule has 6 heteroatoms. The van der Waals surface area contributed by atoms with E-state index in [0.29, 0.717) is 29.0 Å². The Labute approximate surface area is 126 Å². The molecule has 3 nitrogen and oxygen atoms in total. The molecule has 0 saturated heterocycles. The standard InChI is InChI=1S/C13H13Cl2NO2S/c1-8-16-10(7-19-8)6-18-13-11(15)3-9(5-14)4-12(13)17-2/h3-4,7H,5-6H2,1-2H3. The van der Waals surface area contributed by atoms with Crippen LogP contribution < -0.4 is 9.47 Å². The SMILES string of the molecule is COc1cc(CCl)cc(Cl)c1OCc1csc(C)n1. The summed E-state index contributed by atoms with van der Waals surface area (Å²) in [5, 5.41) is 3.46. The Morgan fingerprint density at radius 3 is 2.74 bits per heavy atom. The molecule has 0 amide bonds. The Morgan fingerprint density at radius 2 is 2.16 bits per heavy atom. The van der Waals surface area contributed by atoms with Crippen molar-refractivity contribution < 1.29 is 9.47 Å². The molecule has 2 aromatic rings. The summed E-state index contributed by atoms with van der Waals surface area (Å²) in [6.07, 6.45) is 0. The lowest BCUT2D eigenvalue weighted by molar-refractivity contribution is 0.281. The molecule has 0 unspecified atom stereocenters. The van der Waals surface area contributed by atoms with Crippen molar-refractivity contribution in [3.05, 3.63) is 38.8 Å². The van der Waals surface area contributed by atoms with Crippen LogP contribution in [-0.4, -0.2) is 12.1 Å². The van der Waals surface area contributed by atoms with Crippen LogP contribution in [0.1, 0.15) is 16.3 Å². The number of alkyl halides is 1. The Bertz CT molecular complexity index is 572. The molecule has 1 aromatic heterocycles. The maximum absolute atomic E-state index is 6.18. The summed E-state index contributed by atoms with van der Waals surface area (Å²) in [6, 6.07) is 3.60. The molecule has 2 rings (SSSR count). The van der Waals surface area contributed by atoms with Crippen LogP contribution in [0.25, 0.3) is 0 Å². The van der Waals surface area contributed by atoms with Crippen LogP contribution in [0.2, 0.25) is 5.02 Å². The smallest absolute Gasteiger partial charge is 0.180 e. The van der Waals surface area contributed by atoms with E-state index in [1.165, 1.54) is 0 Å². The largest absolute Gasteiger partial charge is 0.493 e. The zero-order valence-electron chi connectivity index (χ0n) is 10.6. The number of thiazole rings is 1. The number of ether oxygens (including phenoxy) is 2. The number of rotatable bonds is 5. The van der Waals surface area contributed by atoms with E-state index in [4.69, 9.17) is 32.7 Å². The molecule has 0 bridgehead atoms. The van der Waals surface area contributed by atoms with Crippen LogP contribution in [0.3, 0.4) is 0 Å². The van der Waals surface area contributed by atoms with E-state index in [-0.39, 0.29) is 0 Å². The van der Waals surface area contributed by atoms with E-state index in [1.807, 2.05) is 18.4 Å². The van der Waals surface area contributed by atoms with Gasteiger partial charge in [0.15, 0.2) is 11.5 Å². The lowest BCUT2D eigenvalue weighted by Crippen LogP contribution is -1.99. The highest BCUT2D eigenvalue weighted by molar-refractivity contribution is 7.09. The van der Waals surface area contributed by atoms with Crippen molar-refractivity contribution in [3.8, 4) is 11.5 Å². The third-order valence-corrected chi connectivity index (χ3v) is 3.89. The summed E-state index contributed by atoms with van der Waals surface area (Å²) in [5.74, 6) is 1.47. The highest BCUT2D eigenvalue weighted by Gasteiger charge is 2.12. The van der Waals surface area contributed by atoms with Gasteiger partial charge in [-0.2, -0.15) is 0 Å². The topological polar surface area (TPSA) is 31.4 Å². The second-order valence-corrected chi connectivity index (χ2v) is 5.63. The number of hydrogen-bond donors (Lipinski definition) is 0. The Morgan fingerprint density at radius 1 is 1.37 bits per heavy atom. The maximum atomic E-state index is 6.18. The normalized spacial score (nSPS) is 10.5. The molecule has 1 heterocycles. The molecule has 1 aromatic carbocycles. The van der Waals surface area contributed by atoms with E-state index in [0.717, 1.165) is 16.3 Å². The minimum absolute atomic E-state index is 0.362. The van der Waals surface area contributed by atoms with Gasteiger partial charge >= 0.3 is 0 Å². The van der Waals surface area contributed by atoms with Crippen LogP contribution in [0.4, 0.5) is 0 Å². The molecule has 0 radical (unpaired) electrons. The predicted octanol–water partition coefficient (Wildman–Crippen LogP) is 4.43. The Kier molecular flexibility index (Phi) is 4.91. The van der Waals surface area contributed by atoms with Crippen molar-refractivity contribution in [2.75, 3.05) is 7.11 Å². The maximum Gasteiger partial charge on any atom is 0.180 e. The Hall–Kier alpha value is -0.970. The van der Waals surface area contributed by atoms with Gasteiger partial charge in [-0.3, -0.25) is 0 Å². The van der Waals surface area contributed by atoms with Gasteiger partial charge < -0.3 is 9.47 Å². The van der Waals surface area contributed by atoms with Gasteiger partial charge in [-0.15, -0.1) is 22.9 Å². The number of benzene rings is 1. The van der Waals surface area contributed by atoms with Crippen molar-refractivity contribution in [2.45, 2.75) is 19.4 Å². The van der Waals surface area contributed by atoms with E-state index >= 15 is 0 Å². The first kappa shape index (κ1) is 14.4. The molecule has 0 saturated carbocycles. The van der Waals surface area contributed by atoms with E-state index in [9.17, 15) is 0 Å². The summed E-state index contributed by atoms with van der Waals surface area (Å²) in [7, 11) is 1.57. The van der Waals surface area contributed by atoms with Crippen molar-refractivity contribution in [1.82, 2.24) is 4.98 Å². The van der Waals surface area contributed by atoms with Gasteiger partial charge in [-0.25, -0.2) is 4.98 Å². The summed E-state index contributed by atoms with van der Waals surface area (Å²) in [5.41, 5.74) is 1.77. The van der Waals surface area contributed by atoms with Crippen molar-refractivity contribution in [1.29, 1.82) is 0 Å². The minimum Gasteiger partial charge on any atom is -0.493 e. The molecule has 19 heavy (non-hydrogen) atoms. The fourth-order valence-corrected chi connectivity index (χ4v) is 2.65. The zero-order chi connectivity index (χ0) is 13.8. The molecule has 0 aliphatic heterocycles. The van der Waals surface area contributed by atoms with Crippen LogP contribution >= 0.6 is 34.5 Å². The summed E-state index contributed by atoms with van der Waals surface area (Å²) < 4.78 is 11.0. The van der Waals surface area contributed by atoms with E-state index in [1.54, 1.807) is 24.5 Å². The van der Waals surface area contributed by atoms with Crippen molar-refractivity contribution in [2.24, 2.45) is 0 Å². The van der Waals surface area contributed by atoms with Crippen LogP contribution in [-0.2, 0) is 12.5 Å². The molecule has 0 spiro atoms. The van der Waals surface area contributed by atoms with Crippen molar-refractivity contribution >= 4 is 34.5 Å². The number of nitrogens with zero attached hydrogens (tertiary/aromatic N) is 1. The quantitative estimate of drug-likeness (QED) is 0.764. The molecule has 0 N–H and O–H groups in total. The summed E-state index contributed by atoms with van der Waals surface area (Å²) in [6.45, 7) is 2.32. The summed E-state index contributed by atoms with van der Waals surface area (Å²) in [4.78, 5) is 4.33. The number of hydrogen-bond acceptors (Lipinski definition) is 4. The molecule has 0 aliphatic carbocycles. The van der Waals surface area contributed by atoms with Gasteiger partial charge in [0.2, 0.25) is 0 Å². The highest BCUT2D eigenvalue weighted by Crippen LogP contribution is 2.37. The third-order valence-electron chi connectivity index (χ3n) is 2.47. The van der Waals surface area contributed by atoms with Crippen LogP contribution in [0.15, 0.2) is 17.5 Å². The fraction of sp³-hybridized carbons (Fsp3) is 0.308. The lowest BCUT2D eigenvalue weighted by Gasteiger charge is -2.12. The van der Waals surface area contributed by atoms with E-state index in [2.05, 4.69) is 4.98 Å². The second kappa shape index (κ2) is 6.46. The summed E-state index contributed by atoms with van der Waals surface area (Å²) >= 11 is 13.6. The number of aryl methyl sites for hydroxylation is 1. The second-order valence-electron chi connectivity index (χ2n) is 3.89. The molecule has 102 valence electrons. The number of aromatic nitrogens is 1. The van der Waals surface area contributed by atoms with Gasteiger partial charge in [0.1, 0.15) is 6.61 Å². The Balaban J connectivity index is 2.19. The first-order valence-corrected chi connectivity index (χ1v) is 7.39. The lowest BCUT2D eigenvalue weighted by atomic mass is 10.2. The van der Waals surface area contributed by atoms with Crippen LogP contribution in [0, 0.1) is 6.92 Å². The number of halogens is 2. The van der Waals surface area contributed by atoms with Gasteiger partial charge in [0, 0.05) is 11.3 Å². The van der Waals surface area contributed by atoms with Gasteiger partial charge in [0.25, 0.3) is 0 Å². The first-order chi connectivity index (χ1) is 9.13.